The van der Waals surface area contributed by atoms with Crippen molar-refractivity contribution >= 4 is 22.1 Å². The Morgan fingerprint density at radius 2 is 0.891 bits per heavy atom. The zero-order chi connectivity index (χ0) is 46.9. The third-order valence-corrected chi connectivity index (χ3v) is 13.1. The molecule has 0 bridgehead atoms. The fraction of sp³-hybridized carbons (Fsp3) is 0.922. The van der Waals surface area contributed by atoms with Crippen LogP contribution in [0.1, 0.15) is 245 Å². The molecule has 64 heavy (non-hydrogen) atoms. The van der Waals surface area contributed by atoms with Gasteiger partial charge in [-0.2, -0.15) is 8.42 Å². The van der Waals surface area contributed by atoms with E-state index in [-0.39, 0.29) is 19.4 Å². The summed E-state index contributed by atoms with van der Waals surface area (Å²) < 4.78 is 54.2. The monoisotopic (exact) mass is 933 g/mol. The van der Waals surface area contributed by atoms with Crippen molar-refractivity contribution < 1.29 is 56.8 Å². The molecule has 4 N–H and O–H groups in total. The van der Waals surface area contributed by atoms with E-state index in [1.807, 2.05) is 0 Å². The van der Waals surface area contributed by atoms with Crippen LogP contribution in [0.15, 0.2) is 12.2 Å². The third-order valence-electron chi connectivity index (χ3n) is 12.3. The van der Waals surface area contributed by atoms with Gasteiger partial charge in [0.05, 0.1) is 6.61 Å². The smallest absolute Gasteiger partial charge is 0.306 e. The van der Waals surface area contributed by atoms with Gasteiger partial charge in [0.25, 0.3) is 10.1 Å². The molecule has 13 heteroatoms. The van der Waals surface area contributed by atoms with Crippen molar-refractivity contribution in [2.24, 2.45) is 0 Å². The molecule has 12 nitrogen and oxygen atoms in total. The lowest BCUT2D eigenvalue weighted by molar-refractivity contribution is -0.297. The second-order valence-corrected chi connectivity index (χ2v) is 20.0. The van der Waals surface area contributed by atoms with Gasteiger partial charge in [0.15, 0.2) is 12.4 Å². The van der Waals surface area contributed by atoms with Gasteiger partial charge in [-0.25, -0.2) is 0 Å². The van der Waals surface area contributed by atoms with Crippen LogP contribution < -0.4 is 0 Å². The van der Waals surface area contributed by atoms with Gasteiger partial charge >= 0.3 is 11.9 Å². The molecular weight excluding hydrogens is 837 g/mol. The maximum Gasteiger partial charge on any atom is 0.306 e. The molecule has 1 rings (SSSR count). The summed E-state index contributed by atoms with van der Waals surface area (Å²) in [6, 6.07) is 0. The second-order valence-electron chi connectivity index (χ2n) is 18.5. The van der Waals surface area contributed by atoms with Crippen molar-refractivity contribution in [1.82, 2.24) is 0 Å². The number of aliphatic hydroxyl groups excluding tert-OH is 3. The van der Waals surface area contributed by atoms with E-state index in [2.05, 4.69) is 26.0 Å². The van der Waals surface area contributed by atoms with Gasteiger partial charge in [0.1, 0.15) is 36.8 Å². The Morgan fingerprint density at radius 1 is 0.516 bits per heavy atom. The van der Waals surface area contributed by atoms with E-state index in [9.17, 15) is 37.9 Å². The molecule has 1 aliphatic rings. The molecule has 0 aromatic rings. The van der Waals surface area contributed by atoms with E-state index in [1.165, 1.54) is 154 Å². The zero-order valence-corrected chi connectivity index (χ0v) is 41.5. The molecule has 378 valence electrons. The van der Waals surface area contributed by atoms with Crippen LogP contribution in [0, 0.1) is 0 Å². The number of carbonyl (C=O) groups is 2. The first-order valence-electron chi connectivity index (χ1n) is 26.2. The van der Waals surface area contributed by atoms with Crippen molar-refractivity contribution in [3.05, 3.63) is 12.2 Å². The molecule has 1 fully saturated rings. The number of carbonyl (C=O) groups excluding carboxylic acids is 2. The van der Waals surface area contributed by atoms with Crippen molar-refractivity contribution in [2.45, 2.75) is 282 Å². The van der Waals surface area contributed by atoms with E-state index < -0.39 is 71.2 Å². The number of esters is 2. The summed E-state index contributed by atoms with van der Waals surface area (Å²) in [6.45, 7) is 3.79. The lowest BCUT2D eigenvalue weighted by atomic mass is 10.00. The van der Waals surface area contributed by atoms with Crippen molar-refractivity contribution in [3.8, 4) is 0 Å². The maximum atomic E-state index is 12.9. The molecule has 0 radical (unpaired) electrons. The molecule has 6 atom stereocenters. The largest absolute Gasteiger partial charge is 0.462 e. The molecule has 1 aliphatic heterocycles. The van der Waals surface area contributed by atoms with E-state index in [0.717, 1.165) is 51.4 Å². The number of aliphatic hydroxyl groups is 3. The van der Waals surface area contributed by atoms with E-state index >= 15 is 0 Å². The summed E-state index contributed by atoms with van der Waals surface area (Å²) in [5.41, 5.74) is 0. The van der Waals surface area contributed by atoms with Crippen LogP contribution in [0.3, 0.4) is 0 Å². The lowest BCUT2D eigenvalue weighted by Gasteiger charge is -2.40. The average Bonchev–Trinajstić information content (AvgIpc) is 3.26. The van der Waals surface area contributed by atoms with Gasteiger partial charge in [-0.1, -0.05) is 206 Å². The van der Waals surface area contributed by atoms with Crippen molar-refractivity contribution in [1.29, 1.82) is 0 Å². The van der Waals surface area contributed by atoms with Gasteiger partial charge in [-0.3, -0.25) is 14.1 Å². The van der Waals surface area contributed by atoms with Gasteiger partial charge in [-0.05, 0) is 38.5 Å². The Labute approximate surface area is 390 Å². The van der Waals surface area contributed by atoms with Crippen LogP contribution in [-0.2, 0) is 38.7 Å². The number of hydrogen-bond donors (Lipinski definition) is 4. The van der Waals surface area contributed by atoms with E-state index in [4.69, 9.17) is 18.9 Å². The summed E-state index contributed by atoms with van der Waals surface area (Å²) in [5.74, 6) is -1.97. The first kappa shape index (κ1) is 60.4. The summed E-state index contributed by atoms with van der Waals surface area (Å²) in [4.78, 5) is 25.5. The Hall–Kier alpha value is -1.61. The van der Waals surface area contributed by atoms with Crippen LogP contribution >= 0.6 is 0 Å². The van der Waals surface area contributed by atoms with Crippen LogP contribution in [0.2, 0.25) is 0 Å². The molecule has 0 saturated carbocycles. The molecule has 0 aromatic carbocycles. The third kappa shape index (κ3) is 35.6. The lowest BCUT2D eigenvalue weighted by Crippen LogP contribution is -2.60. The fourth-order valence-corrected chi connectivity index (χ4v) is 8.95. The molecule has 1 saturated heterocycles. The number of ether oxygens (including phenoxy) is 4. The average molecular weight is 933 g/mol. The summed E-state index contributed by atoms with van der Waals surface area (Å²) in [6.07, 6.45) is 36.8. The van der Waals surface area contributed by atoms with Crippen LogP contribution in [0.25, 0.3) is 0 Å². The first-order chi connectivity index (χ1) is 31.0. The second kappa shape index (κ2) is 41.6. The molecule has 0 amide bonds. The van der Waals surface area contributed by atoms with Gasteiger partial charge < -0.3 is 34.3 Å². The van der Waals surface area contributed by atoms with Gasteiger partial charge in [0, 0.05) is 12.8 Å². The topological polar surface area (TPSA) is 186 Å². The minimum absolute atomic E-state index is 0.164. The molecule has 0 spiro atoms. The zero-order valence-electron chi connectivity index (χ0n) is 40.7. The van der Waals surface area contributed by atoms with Crippen LogP contribution in [0.5, 0.6) is 0 Å². The Kier molecular flexibility index (Phi) is 39.2. The fourth-order valence-electron chi connectivity index (χ4n) is 8.26. The SMILES string of the molecule is CCCCCC/C=C/CCCCCCCCCC(=O)O[C@H](COC(=O)CCCCCCCCCCCCCCCCCCCCCCC)CO[C@H]1O[C@H](CS(=O)(=O)O)[C@@H](O)C(O)C1O. The molecule has 1 heterocycles. The predicted molar refractivity (Wildman–Crippen MR) is 257 cm³/mol. The molecular formula is C51H96O12S. The highest BCUT2D eigenvalue weighted by molar-refractivity contribution is 7.85. The molecule has 0 aromatic heterocycles. The Balaban J connectivity index is 2.33. The van der Waals surface area contributed by atoms with Crippen molar-refractivity contribution in [2.75, 3.05) is 19.0 Å². The van der Waals surface area contributed by atoms with Crippen LogP contribution in [-0.4, -0.2) is 96.0 Å². The highest BCUT2D eigenvalue weighted by atomic mass is 32.2. The summed E-state index contributed by atoms with van der Waals surface area (Å²) >= 11 is 0. The van der Waals surface area contributed by atoms with Crippen molar-refractivity contribution in [3.63, 3.8) is 0 Å². The number of rotatable bonds is 45. The Morgan fingerprint density at radius 3 is 1.31 bits per heavy atom. The van der Waals surface area contributed by atoms with Gasteiger partial charge in [-0.15, -0.1) is 0 Å². The summed E-state index contributed by atoms with van der Waals surface area (Å²) in [7, 11) is -4.60. The maximum absolute atomic E-state index is 12.9. The number of hydrogen-bond acceptors (Lipinski definition) is 11. The standard InChI is InChI=1S/C51H96O12S/c1-3-5-7-9-11-13-15-17-19-20-21-22-23-24-26-27-29-31-33-35-37-39-46(52)60-41-44(42-61-51-50(56)49(55)48(54)45(63-51)43-64(57,58)59)62-47(53)40-38-36-34-32-30-28-25-18-16-14-12-10-8-6-4-2/h14,16,44-45,48-51,54-56H,3-13,15,17-43H2,1-2H3,(H,57,58,59)/b16-14+/t44-,45-,48-,49?,50?,51+/m1/s1. The minimum atomic E-state index is -4.60. The Bertz CT molecular complexity index is 1230. The highest BCUT2D eigenvalue weighted by Crippen LogP contribution is 2.24. The highest BCUT2D eigenvalue weighted by Gasteiger charge is 2.46. The number of unbranched alkanes of at least 4 members (excludes halogenated alkanes) is 31. The first-order valence-corrected chi connectivity index (χ1v) is 27.9. The summed E-state index contributed by atoms with van der Waals surface area (Å²) in [5, 5.41) is 31.0. The molecule has 0 aliphatic carbocycles. The number of allylic oxidation sites excluding steroid dienone is 2. The van der Waals surface area contributed by atoms with E-state index in [1.54, 1.807) is 0 Å². The molecule has 2 unspecified atom stereocenters. The van der Waals surface area contributed by atoms with E-state index in [0.29, 0.717) is 12.8 Å². The quantitative estimate of drug-likeness (QED) is 0.0196. The van der Waals surface area contributed by atoms with Gasteiger partial charge in [0.2, 0.25) is 0 Å². The van der Waals surface area contributed by atoms with Crippen LogP contribution in [0.4, 0.5) is 0 Å². The normalized spacial score (nSPS) is 19.6. The predicted octanol–water partition coefficient (Wildman–Crippen LogP) is 11.8. The minimum Gasteiger partial charge on any atom is -0.462 e.